The fraction of sp³-hybridized carbons (Fsp3) is 0.682. The highest BCUT2D eigenvalue weighted by atomic mass is 127. The third kappa shape index (κ3) is 6.24. The minimum atomic E-state index is 0. The standard InChI is InChI=1S/C22H37N5.HI/c1-5-23-22(24-15-18-10-11-21(26(3)4)14-17(18)2)25-19-12-13-27(16-19)20-8-6-7-9-20;/h10-11,14,19-20H,5-9,12-13,15-16H2,1-4H3,(H2,23,24,25);1H. The van der Waals surface area contributed by atoms with Crippen LogP contribution in [0.25, 0.3) is 0 Å². The zero-order valence-electron chi connectivity index (χ0n) is 18.0. The highest BCUT2D eigenvalue weighted by Crippen LogP contribution is 2.26. The van der Waals surface area contributed by atoms with Gasteiger partial charge in [-0.15, -0.1) is 24.0 Å². The molecular weight excluding hydrogens is 461 g/mol. The lowest BCUT2D eigenvalue weighted by molar-refractivity contribution is 0.242. The molecule has 6 heteroatoms. The van der Waals surface area contributed by atoms with Crippen LogP contribution in [0.5, 0.6) is 0 Å². The Labute approximate surface area is 188 Å². The number of benzene rings is 1. The van der Waals surface area contributed by atoms with Gasteiger partial charge in [-0.1, -0.05) is 18.9 Å². The SMILES string of the molecule is CCNC(=NCc1ccc(N(C)C)cc1C)NC1CCN(C2CCCC2)C1.I. The first kappa shape index (κ1) is 23.3. The molecular formula is C22H38IN5. The van der Waals surface area contributed by atoms with Gasteiger partial charge >= 0.3 is 0 Å². The number of nitrogens with zero attached hydrogens (tertiary/aromatic N) is 3. The largest absolute Gasteiger partial charge is 0.378 e. The van der Waals surface area contributed by atoms with Gasteiger partial charge in [0.25, 0.3) is 0 Å². The van der Waals surface area contributed by atoms with Crippen molar-refractivity contribution in [3.05, 3.63) is 29.3 Å². The maximum Gasteiger partial charge on any atom is 0.191 e. The molecule has 2 aliphatic rings. The molecule has 1 saturated carbocycles. The van der Waals surface area contributed by atoms with Crippen LogP contribution in [0.4, 0.5) is 5.69 Å². The molecule has 0 bridgehead atoms. The van der Waals surface area contributed by atoms with Crippen LogP contribution in [0.2, 0.25) is 0 Å². The van der Waals surface area contributed by atoms with Crippen LogP contribution in [-0.4, -0.2) is 56.7 Å². The van der Waals surface area contributed by atoms with Crippen LogP contribution in [0.3, 0.4) is 0 Å². The normalized spacial score (nSPS) is 20.9. The molecule has 1 unspecified atom stereocenters. The van der Waals surface area contributed by atoms with Gasteiger partial charge in [0, 0.05) is 51.5 Å². The molecule has 5 nitrogen and oxygen atoms in total. The first-order chi connectivity index (χ1) is 13.1. The lowest BCUT2D eigenvalue weighted by Gasteiger charge is -2.24. The van der Waals surface area contributed by atoms with Gasteiger partial charge in [0.2, 0.25) is 0 Å². The van der Waals surface area contributed by atoms with Crippen molar-refractivity contribution in [2.45, 2.75) is 64.6 Å². The zero-order valence-corrected chi connectivity index (χ0v) is 20.3. The van der Waals surface area contributed by atoms with Crippen molar-refractivity contribution in [2.75, 3.05) is 38.6 Å². The van der Waals surface area contributed by atoms with E-state index < -0.39 is 0 Å². The number of guanidine groups is 1. The highest BCUT2D eigenvalue weighted by molar-refractivity contribution is 14.0. The van der Waals surface area contributed by atoms with Gasteiger partial charge in [0.15, 0.2) is 5.96 Å². The molecule has 158 valence electrons. The molecule has 1 heterocycles. The number of anilines is 1. The van der Waals surface area contributed by atoms with Crippen molar-refractivity contribution >= 4 is 35.6 Å². The van der Waals surface area contributed by atoms with Crippen LogP contribution in [0.1, 0.15) is 50.2 Å². The number of aliphatic imine (C=N–C) groups is 1. The second-order valence-corrected chi connectivity index (χ2v) is 8.26. The van der Waals surface area contributed by atoms with Crippen molar-refractivity contribution < 1.29 is 0 Å². The summed E-state index contributed by atoms with van der Waals surface area (Å²) in [7, 11) is 4.16. The highest BCUT2D eigenvalue weighted by Gasteiger charge is 2.30. The number of halogens is 1. The topological polar surface area (TPSA) is 42.9 Å². The fourth-order valence-electron chi connectivity index (χ4n) is 4.32. The van der Waals surface area contributed by atoms with Crippen LogP contribution in [0.15, 0.2) is 23.2 Å². The summed E-state index contributed by atoms with van der Waals surface area (Å²) in [6, 6.07) is 7.96. The fourth-order valence-corrected chi connectivity index (χ4v) is 4.32. The van der Waals surface area contributed by atoms with Crippen LogP contribution in [0, 0.1) is 6.92 Å². The molecule has 3 rings (SSSR count). The molecule has 0 spiro atoms. The number of rotatable bonds is 6. The molecule has 1 saturated heterocycles. The van der Waals surface area contributed by atoms with Gasteiger partial charge < -0.3 is 15.5 Å². The summed E-state index contributed by atoms with van der Waals surface area (Å²) in [6.07, 6.45) is 6.83. The van der Waals surface area contributed by atoms with Gasteiger partial charge in [-0.25, -0.2) is 4.99 Å². The Morgan fingerprint density at radius 2 is 1.96 bits per heavy atom. The third-order valence-electron chi connectivity index (χ3n) is 6.00. The number of likely N-dealkylation sites (tertiary alicyclic amines) is 1. The summed E-state index contributed by atoms with van der Waals surface area (Å²) >= 11 is 0. The first-order valence-corrected chi connectivity index (χ1v) is 10.6. The Bertz CT molecular complexity index is 640. The Morgan fingerprint density at radius 3 is 2.61 bits per heavy atom. The van der Waals surface area contributed by atoms with E-state index in [1.165, 1.54) is 55.5 Å². The molecule has 1 atom stereocenters. The predicted octanol–water partition coefficient (Wildman–Crippen LogP) is 3.75. The van der Waals surface area contributed by atoms with Crippen LogP contribution < -0.4 is 15.5 Å². The lowest BCUT2D eigenvalue weighted by atomic mass is 10.1. The number of hydrogen-bond donors (Lipinski definition) is 2. The van der Waals surface area contributed by atoms with E-state index in [2.05, 4.69) is 66.6 Å². The molecule has 1 aromatic rings. The van der Waals surface area contributed by atoms with E-state index >= 15 is 0 Å². The van der Waals surface area contributed by atoms with Crippen molar-refractivity contribution in [2.24, 2.45) is 4.99 Å². The molecule has 28 heavy (non-hydrogen) atoms. The summed E-state index contributed by atoms with van der Waals surface area (Å²) in [4.78, 5) is 9.70. The Morgan fingerprint density at radius 1 is 1.21 bits per heavy atom. The van der Waals surface area contributed by atoms with E-state index in [0.29, 0.717) is 12.6 Å². The minimum absolute atomic E-state index is 0. The summed E-state index contributed by atoms with van der Waals surface area (Å²) in [5.74, 6) is 0.951. The first-order valence-electron chi connectivity index (χ1n) is 10.6. The van der Waals surface area contributed by atoms with E-state index in [1.807, 2.05) is 0 Å². The summed E-state index contributed by atoms with van der Waals surface area (Å²) in [5.41, 5.74) is 3.83. The molecule has 1 aromatic carbocycles. The number of hydrogen-bond acceptors (Lipinski definition) is 3. The smallest absolute Gasteiger partial charge is 0.191 e. The average molecular weight is 499 g/mol. The van der Waals surface area contributed by atoms with Crippen LogP contribution >= 0.6 is 24.0 Å². The molecule has 2 fully saturated rings. The van der Waals surface area contributed by atoms with Gasteiger partial charge in [0.05, 0.1) is 6.54 Å². The maximum atomic E-state index is 4.87. The zero-order chi connectivity index (χ0) is 19.2. The Kier molecular flexibility index (Phi) is 9.34. The van der Waals surface area contributed by atoms with E-state index in [-0.39, 0.29) is 24.0 Å². The van der Waals surface area contributed by atoms with Gasteiger partial charge in [-0.3, -0.25) is 4.90 Å². The Hall–Kier alpha value is -1.02. The average Bonchev–Trinajstić information content (AvgIpc) is 3.32. The predicted molar refractivity (Wildman–Crippen MR) is 131 cm³/mol. The minimum Gasteiger partial charge on any atom is -0.378 e. The van der Waals surface area contributed by atoms with Crippen molar-refractivity contribution in [1.82, 2.24) is 15.5 Å². The number of aryl methyl sites for hydroxylation is 1. The van der Waals surface area contributed by atoms with Crippen molar-refractivity contribution in [3.8, 4) is 0 Å². The lowest BCUT2D eigenvalue weighted by Crippen LogP contribution is -2.45. The van der Waals surface area contributed by atoms with E-state index in [4.69, 9.17) is 4.99 Å². The summed E-state index contributed by atoms with van der Waals surface area (Å²) < 4.78 is 0. The van der Waals surface area contributed by atoms with Gasteiger partial charge in [0.1, 0.15) is 0 Å². The maximum absolute atomic E-state index is 4.87. The molecule has 1 aliphatic heterocycles. The monoisotopic (exact) mass is 499 g/mol. The quantitative estimate of drug-likeness (QED) is 0.356. The number of nitrogens with one attached hydrogen (secondary N) is 2. The molecule has 0 amide bonds. The molecule has 0 radical (unpaired) electrons. The second kappa shape index (κ2) is 11.2. The van der Waals surface area contributed by atoms with E-state index in [1.54, 1.807) is 0 Å². The van der Waals surface area contributed by atoms with Crippen LogP contribution in [-0.2, 0) is 6.54 Å². The van der Waals surface area contributed by atoms with E-state index in [0.717, 1.165) is 25.1 Å². The Balaban J connectivity index is 0.00000280. The second-order valence-electron chi connectivity index (χ2n) is 8.26. The van der Waals surface area contributed by atoms with E-state index in [9.17, 15) is 0 Å². The molecule has 0 aromatic heterocycles. The molecule has 1 aliphatic carbocycles. The molecule has 2 N–H and O–H groups in total. The summed E-state index contributed by atoms with van der Waals surface area (Å²) in [5, 5.41) is 7.10. The summed E-state index contributed by atoms with van der Waals surface area (Å²) in [6.45, 7) is 8.30. The van der Waals surface area contributed by atoms with Crippen molar-refractivity contribution in [3.63, 3.8) is 0 Å². The van der Waals surface area contributed by atoms with Gasteiger partial charge in [-0.05, 0) is 56.4 Å². The van der Waals surface area contributed by atoms with Gasteiger partial charge in [-0.2, -0.15) is 0 Å². The van der Waals surface area contributed by atoms with Crippen molar-refractivity contribution in [1.29, 1.82) is 0 Å². The third-order valence-corrected chi connectivity index (χ3v) is 6.00.